The lowest BCUT2D eigenvalue weighted by molar-refractivity contribution is 0.432. The molecule has 0 unspecified atom stereocenters. The normalized spacial score (nSPS) is 10.6. The number of halogens is 1. The first kappa shape index (κ1) is 13.3. The molecule has 0 radical (unpaired) electrons. The van der Waals surface area contributed by atoms with Crippen LogP contribution < -0.4 is 4.90 Å². The van der Waals surface area contributed by atoms with Crippen LogP contribution in [0.5, 0.6) is 0 Å². The number of rotatable bonds is 3. The molecule has 3 aromatic rings. The van der Waals surface area contributed by atoms with Crippen LogP contribution in [0, 0.1) is 5.82 Å². The van der Waals surface area contributed by atoms with Gasteiger partial charge in [-0.1, -0.05) is 11.2 Å². The summed E-state index contributed by atoms with van der Waals surface area (Å²) in [4.78, 5) is 6.32. The summed E-state index contributed by atoms with van der Waals surface area (Å²) in [5, 5.41) is 3.94. The number of hydrogen-bond acceptors (Lipinski definition) is 4. The van der Waals surface area contributed by atoms with E-state index in [-0.39, 0.29) is 5.82 Å². The Hall–Kier alpha value is -2.69. The topological polar surface area (TPSA) is 42.2 Å². The van der Waals surface area contributed by atoms with Gasteiger partial charge in [0.05, 0.1) is 0 Å². The maximum atomic E-state index is 13.2. The molecule has 4 nitrogen and oxygen atoms in total. The maximum absolute atomic E-state index is 13.2. The van der Waals surface area contributed by atoms with E-state index in [1.807, 2.05) is 43.3 Å². The Morgan fingerprint density at radius 1 is 1.00 bits per heavy atom. The van der Waals surface area contributed by atoms with Crippen molar-refractivity contribution in [2.75, 3.05) is 19.0 Å². The minimum absolute atomic E-state index is 0.307. The van der Waals surface area contributed by atoms with Gasteiger partial charge in [-0.25, -0.2) is 4.39 Å². The van der Waals surface area contributed by atoms with Crippen LogP contribution in [0.1, 0.15) is 0 Å². The van der Waals surface area contributed by atoms with Gasteiger partial charge in [-0.15, -0.1) is 0 Å². The smallest absolute Gasteiger partial charge is 0.258 e. The van der Waals surface area contributed by atoms with Crippen molar-refractivity contribution in [2.45, 2.75) is 0 Å². The van der Waals surface area contributed by atoms with Gasteiger partial charge in [-0.05, 0) is 42.5 Å². The molecule has 0 N–H and O–H groups in total. The Kier molecular flexibility index (Phi) is 3.39. The molecule has 0 bridgehead atoms. The molecule has 2 aromatic carbocycles. The van der Waals surface area contributed by atoms with E-state index in [2.05, 4.69) is 10.1 Å². The fraction of sp³-hybridized carbons (Fsp3) is 0.125. The van der Waals surface area contributed by atoms with Gasteiger partial charge in [0.15, 0.2) is 0 Å². The SMILES string of the molecule is CN(C)c1ccc(-c2noc(-c3cccc(F)c3)n2)cc1. The van der Waals surface area contributed by atoms with Crippen molar-refractivity contribution in [1.29, 1.82) is 0 Å². The lowest BCUT2D eigenvalue weighted by atomic mass is 10.2. The highest BCUT2D eigenvalue weighted by atomic mass is 19.1. The molecule has 0 atom stereocenters. The van der Waals surface area contributed by atoms with Crippen molar-refractivity contribution in [3.05, 3.63) is 54.3 Å². The zero-order valence-corrected chi connectivity index (χ0v) is 11.7. The zero-order valence-electron chi connectivity index (χ0n) is 11.7. The van der Waals surface area contributed by atoms with E-state index in [0.29, 0.717) is 17.3 Å². The lowest BCUT2D eigenvalue weighted by Gasteiger charge is -2.11. The van der Waals surface area contributed by atoms with E-state index in [0.717, 1.165) is 11.3 Å². The molecule has 0 aliphatic rings. The van der Waals surface area contributed by atoms with Gasteiger partial charge in [0.2, 0.25) is 5.82 Å². The molecule has 0 saturated carbocycles. The number of anilines is 1. The molecule has 0 aliphatic heterocycles. The van der Waals surface area contributed by atoms with Crippen LogP contribution in [0.3, 0.4) is 0 Å². The van der Waals surface area contributed by atoms with Crippen molar-refractivity contribution in [3.63, 3.8) is 0 Å². The highest BCUT2D eigenvalue weighted by Crippen LogP contribution is 2.24. The molecular formula is C16H14FN3O. The maximum Gasteiger partial charge on any atom is 0.258 e. The van der Waals surface area contributed by atoms with E-state index in [1.54, 1.807) is 12.1 Å². The molecule has 0 fully saturated rings. The van der Waals surface area contributed by atoms with Crippen LogP contribution in [0.4, 0.5) is 10.1 Å². The minimum Gasteiger partial charge on any atom is -0.378 e. The van der Waals surface area contributed by atoms with Gasteiger partial charge in [-0.2, -0.15) is 4.98 Å². The third-order valence-corrected chi connectivity index (χ3v) is 3.14. The molecule has 0 saturated heterocycles. The Morgan fingerprint density at radius 3 is 2.43 bits per heavy atom. The van der Waals surface area contributed by atoms with Gasteiger partial charge in [0, 0.05) is 30.9 Å². The van der Waals surface area contributed by atoms with E-state index in [4.69, 9.17) is 4.52 Å². The Labute approximate surface area is 121 Å². The highest BCUT2D eigenvalue weighted by molar-refractivity contribution is 5.62. The fourth-order valence-corrected chi connectivity index (χ4v) is 1.99. The van der Waals surface area contributed by atoms with Crippen LogP contribution in [0.25, 0.3) is 22.8 Å². The van der Waals surface area contributed by atoms with Gasteiger partial charge >= 0.3 is 0 Å². The van der Waals surface area contributed by atoms with Crippen LogP contribution >= 0.6 is 0 Å². The third kappa shape index (κ3) is 2.76. The number of hydrogen-bond donors (Lipinski definition) is 0. The molecule has 0 amide bonds. The van der Waals surface area contributed by atoms with Crippen LogP contribution in [-0.4, -0.2) is 24.2 Å². The van der Waals surface area contributed by atoms with Crippen LogP contribution in [0.2, 0.25) is 0 Å². The summed E-state index contributed by atoms with van der Waals surface area (Å²) in [7, 11) is 3.96. The average molecular weight is 283 g/mol. The summed E-state index contributed by atoms with van der Waals surface area (Å²) in [5.41, 5.74) is 2.51. The van der Waals surface area contributed by atoms with Crippen molar-refractivity contribution < 1.29 is 8.91 Å². The summed E-state index contributed by atoms with van der Waals surface area (Å²) in [6, 6.07) is 13.9. The second-order valence-electron chi connectivity index (χ2n) is 4.87. The molecule has 21 heavy (non-hydrogen) atoms. The van der Waals surface area contributed by atoms with Gasteiger partial charge in [-0.3, -0.25) is 0 Å². The van der Waals surface area contributed by atoms with Gasteiger partial charge < -0.3 is 9.42 Å². The van der Waals surface area contributed by atoms with E-state index >= 15 is 0 Å². The van der Waals surface area contributed by atoms with Crippen LogP contribution in [-0.2, 0) is 0 Å². The number of aromatic nitrogens is 2. The van der Waals surface area contributed by atoms with Crippen LogP contribution in [0.15, 0.2) is 53.1 Å². The molecule has 5 heteroatoms. The first-order valence-electron chi connectivity index (χ1n) is 6.51. The largest absolute Gasteiger partial charge is 0.378 e. The summed E-state index contributed by atoms with van der Waals surface area (Å²) >= 11 is 0. The standard InChI is InChI=1S/C16H14FN3O/c1-20(2)14-8-6-11(7-9-14)15-18-16(21-19-15)12-4-3-5-13(17)10-12/h3-10H,1-2H3. The second-order valence-corrected chi connectivity index (χ2v) is 4.87. The summed E-state index contributed by atoms with van der Waals surface area (Å²) < 4.78 is 18.4. The molecule has 1 aromatic heterocycles. The molecule has 3 rings (SSSR count). The lowest BCUT2D eigenvalue weighted by Crippen LogP contribution is -2.07. The molecule has 1 heterocycles. The molecule has 106 valence electrons. The Bertz CT molecular complexity index is 750. The van der Waals surface area contributed by atoms with Crippen molar-refractivity contribution in [2.24, 2.45) is 0 Å². The van der Waals surface area contributed by atoms with E-state index in [9.17, 15) is 4.39 Å². The summed E-state index contributed by atoms with van der Waals surface area (Å²) in [6.45, 7) is 0. The fourth-order valence-electron chi connectivity index (χ4n) is 1.99. The first-order valence-corrected chi connectivity index (χ1v) is 6.51. The number of benzene rings is 2. The van der Waals surface area contributed by atoms with Crippen molar-refractivity contribution in [3.8, 4) is 22.8 Å². The predicted molar refractivity (Wildman–Crippen MR) is 79.5 cm³/mol. The third-order valence-electron chi connectivity index (χ3n) is 3.14. The highest BCUT2D eigenvalue weighted by Gasteiger charge is 2.11. The van der Waals surface area contributed by atoms with E-state index < -0.39 is 0 Å². The average Bonchev–Trinajstić information content (AvgIpc) is 2.97. The predicted octanol–water partition coefficient (Wildman–Crippen LogP) is 3.61. The summed E-state index contributed by atoms with van der Waals surface area (Å²) in [5.74, 6) is 0.461. The first-order chi connectivity index (χ1) is 10.1. The zero-order chi connectivity index (χ0) is 14.8. The Morgan fingerprint density at radius 2 is 1.76 bits per heavy atom. The Balaban J connectivity index is 1.91. The summed E-state index contributed by atoms with van der Waals surface area (Å²) in [6.07, 6.45) is 0. The van der Waals surface area contributed by atoms with Crippen molar-refractivity contribution >= 4 is 5.69 Å². The quantitative estimate of drug-likeness (QED) is 0.736. The second kappa shape index (κ2) is 5.36. The van der Waals surface area contributed by atoms with Crippen molar-refractivity contribution in [1.82, 2.24) is 10.1 Å². The minimum atomic E-state index is -0.331. The number of nitrogens with zero attached hydrogens (tertiary/aromatic N) is 3. The van der Waals surface area contributed by atoms with Gasteiger partial charge in [0.1, 0.15) is 5.82 Å². The molecule has 0 spiro atoms. The van der Waals surface area contributed by atoms with E-state index in [1.165, 1.54) is 12.1 Å². The molecular weight excluding hydrogens is 269 g/mol. The molecule has 0 aliphatic carbocycles. The monoisotopic (exact) mass is 283 g/mol. The van der Waals surface area contributed by atoms with Gasteiger partial charge in [0.25, 0.3) is 5.89 Å².